The van der Waals surface area contributed by atoms with Crippen LogP contribution in [0.2, 0.25) is 10.0 Å². The van der Waals surface area contributed by atoms with Gasteiger partial charge in [0.15, 0.2) is 5.75 Å². The van der Waals surface area contributed by atoms with E-state index in [1.54, 1.807) is 41.5 Å². The highest BCUT2D eigenvalue weighted by molar-refractivity contribution is 6.36. The van der Waals surface area contributed by atoms with E-state index in [0.29, 0.717) is 4.90 Å². The summed E-state index contributed by atoms with van der Waals surface area (Å²) in [4.78, 5) is 26.7. The number of anilines is 1. The van der Waals surface area contributed by atoms with Crippen molar-refractivity contribution in [1.82, 2.24) is 10.2 Å². The third-order valence-corrected chi connectivity index (χ3v) is 4.90. The molecule has 1 unspecified atom stereocenters. The van der Waals surface area contributed by atoms with Crippen LogP contribution in [-0.2, 0) is 9.47 Å². The molecular weight excluding hydrogens is 516 g/mol. The highest BCUT2D eigenvalue weighted by Crippen LogP contribution is 2.38. The molecule has 0 bridgehead atoms. The van der Waals surface area contributed by atoms with Crippen molar-refractivity contribution in [3.63, 3.8) is 0 Å². The second-order valence-corrected chi connectivity index (χ2v) is 10.5. The first-order valence-corrected chi connectivity index (χ1v) is 11.5. The van der Waals surface area contributed by atoms with Crippen LogP contribution in [0.3, 0.4) is 0 Å². The Morgan fingerprint density at radius 2 is 1.58 bits per heavy atom. The number of ether oxygens (including phenoxy) is 3. The third-order valence-electron chi connectivity index (χ3n) is 4.19. The molecule has 1 atom stereocenters. The SMILES string of the molecule is C=C(O)c1cc(OC(C)c2c(Cl)ccc(F)c2Cl)c(N(C(=O)OC(C)(C)C)C(=O)OC(C)(C)C)nn1. The van der Waals surface area contributed by atoms with Gasteiger partial charge in [-0.1, -0.05) is 29.8 Å². The highest BCUT2D eigenvalue weighted by atomic mass is 35.5. The standard InChI is InChI=1S/C24H28Cl2FN3O6/c1-12(31)16-11-17(34-13(2)18-14(25)9-10-15(27)19(18)26)20(29-28-16)30(21(32)35-23(3,4)5)22(33)36-24(6,7)8/h9-11,13,31H,1H2,2-8H3. The van der Waals surface area contributed by atoms with Gasteiger partial charge in [0.1, 0.15) is 34.6 Å². The number of hydrogen-bond acceptors (Lipinski definition) is 8. The molecular formula is C24H28Cl2FN3O6. The zero-order chi connectivity index (χ0) is 27.6. The summed E-state index contributed by atoms with van der Waals surface area (Å²) in [7, 11) is 0. The van der Waals surface area contributed by atoms with Crippen molar-refractivity contribution in [1.29, 1.82) is 0 Å². The minimum atomic E-state index is -1.12. The maximum Gasteiger partial charge on any atom is 0.425 e. The Hall–Kier alpha value is -3.11. The Kier molecular flexibility index (Phi) is 8.80. The molecule has 0 spiro atoms. The van der Waals surface area contributed by atoms with Crippen LogP contribution in [0.5, 0.6) is 5.75 Å². The van der Waals surface area contributed by atoms with Gasteiger partial charge in [0.2, 0.25) is 5.82 Å². The Morgan fingerprint density at radius 3 is 2.06 bits per heavy atom. The van der Waals surface area contributed by atoms with E-state index in [2.05, 4.69) is 16.8 Å². The monoisotopic (exact) mass is 543 g/mol. The summed E-state index contributed by atoms with van der Waals surface area (Å²) in [5.74, 6) is -1.84. The number of amides is 2. The summed E-state index contributed by atoms with van der Waals surface area (Å²) >= 11 is 12.3. The number of hydrogen-bond donors (Lipinski definition) is 1. The average molecular weight is 544 g/mol. The number of nitrogens with zero attached hydrogens (tertiary/aromatic N) is 3. The zero-order valence-electron chi connectivity index (χ0n) is 21.0. The number of halogens is 3. The first-order chi connectivity index (χ1) is 16.4. The predicted molar refractivity (Wildman–Crippen MR) is 134 cm³/mol. The molecule has 0 radical (unpaired) electrons. The lowest BCUT2D eigenvalue weighted by atomic mass is 10.1. The van der Waals surface area contributed by atoms with Crippen molar-refractivity contribution in [3.8, 4) is 5.75 Å². The summed E-state index contributed by atoms with van der Waals surface area (Å²) < 4.78 is 30.8. The van der Waals surface area contributed by atoms with Gasteiger partial charge in [0, 0.05) is 16.7 Å². The van der Waals surface area contributed by atoms with Crippen molar-refractivity contribution in [2.24, 2.45) is 0 Å². The number of carbonyl (C=O) groups is 2. The fourth-order valence-electron chi connectivity index (χ4n) is 2.78. The van der Waals surface area contributed by atoms with E-state index in [9.17, 15) is 19.1 Å². The fourth-order valence-corrected chi connectivity index (χ4v) is 3.46. The largest absolute Gasteiger partial charge is 0.506 e. The van der Waals surface area contributed by atoms with Crippen molar-refractivity contribution in [2.75, 3.05) is 4.90 Å². The van der Waals surface area contributed by atoms with E-state index >= 15 is 0 Å². The van der Waals surface area contributed by atoms with Gasteiger partial charge in [-0.15, -0.1) is 10.2 Å². The van der Waals surface area contributed by atoms with Gasteiger partial charge in [-0.05, 0) is 60.6 Å². The number of carbonyl (C=O) groups excluding carboxylic acids is 2. The summed E-state index contributed by atoms with van der Waals surface area (Å²) in [6.07, 6.45) is -3.26. The zero-order valence-corrected chi connectivity index (χ0v) is 22.5. The van der Waals surface area contributed by atoms with Crippen LogP contribution in [0.1, 0.15) is 65.8 Å². The molecule has 196 valence electrons. The summed E-state index contributed by atoms with van der Waals surface area (Å²) in [5.41, 5.74) is -1.99. The molecule has 1 heterocycles. The number of aliphatic hydroxyl groups excluding tert-OH is 1. The topological polar surface area (TPSA) is 111 Å². The lowest BCUT2D eigenvalue weighted by Crippen LogP contribution is -2.44. The highest BCUT2D eigenvalue weighted by Gasteiger charge is 2.37. The summed E-state index contributed by atoms with van der Waals surface area (Å²) in [5, 5.41) is 17.4. The van der Waals surface area contributed by atoms with E-state index in [4.69, 9.17) is 37.4 Å². The van der Waals surface area contributed by atoms with Crippen LogP contribution >= 0.6 is 23.2 Å². The van der Waals surface area contributed by atoms with Crippen molar-refractivity contribution in [3.05, 3.63) is 51.9 Å². The lowest BCUT2D eigenvalue weighted by molar-refractivity contribution is 0.0426. The molecule has 1 N–H and O–H groups in total. The smallest absolute Gasteiger partial charge is 0.425 e. The van der Waals surface area contributed by atoms with E-state index < -0.39 is 46.9 Å². The molecule has 1 aromatic carbocycles. The minimum absolute atomic E-state index is 0.103. The summed E-state index contributed by atoms with van der Waals surface area (Å²) in [6.45, 7) is 14.5. The van der Waals surface area contributed by atoms with Crippen LogP contribution in [-0.4, -0.2) is 38.7 Å². The van der Waals surface area contributed by atoms with Gasteiger partial charge in [0.05, 0.1) is 5.02 Å². The van der Waals surface area contributed by atoms with Crippen molar-refractivity contribution >= 4 is 47.0 Å². The number of benzene rings is 1. The summed E-state index contributed by atoms with van der Waals surface area (Å²) in [6, 6.07) is 3.59. The molecule has 36 heavy (non-hydrogen) atoms. The van der Waals surface area contributed by atoms with Gasteiger partial charge >= 0.3 is 12.2 Å². The van der Waals surface area contributed by atoms with Gasteiger partial charge in [-0.25, -0.2) is 14.0 Å². The maximum atomic E-state index is 14.1. The molecule has 0 saturated carbocycles. The Bertz CT molecular complexity index is 1150. The Labute approximate surface area is 218 Å². The van der Waals surface area contributed by atoms with Crippen LogP contribution in [0.25, 0.3) is 5.76 Å². The normalized spacial score (nSPS) is 12.5. The lowest BCUT2D eigenvalue weighted by Gasteiger charge is -2.29. The van der Waals surface area contributed by atoms with E-state index in [1.165, 1.54) is 19.1 Å². The Morgan fingerprint density at radius 1 is 1.06 bits per heavy atom. The van der Waals surface area contributed by atoms with Crippen LogP contribution < -0.4 is 9.64 Å². The molecule has 0 fully saturated rings. The third kappa shape index (κ3) is 7.44. The molecule has 12 heteroatoms. The van der Waals surface area contributed by atoms with Gasteiger partial charge in [0.25, 0.3) is 0 Å². The number of imide groups is 1. The molecule has 0 aliphatic rings. The predicted octanol–water partition coefficient (Wildman–Crippen LogP) is 7.27. The fraction of sp³-hybridized carbons (Fsp3) is 0.417. The second kappa shape index (κ2) is 10.9. The molecule has 9 nitrogen and oxygen atoms in total. The quantitative estimate of drug-likeness (QED) is 0.309. The number of rotatable bonds is 5. The van der Waals surface area contributed by atoms with Crippen molar-refractivity contribution < 1.29 is 33.3 Å². The van der Waals surface area contributed by atoms with E-state index in [1.807, 2.05) is 0 Å². The van der Waals surface area contributed by atoms with E-state index in [0.717, 1.165) is 6.07 Å². The number of aromatic nitrogens is 2. The van der Waals surface area contributed by atoms with Gasteiger partial charge in [-0.2, -0.15) is 4.90 Å². The molecule has 0 saturated heterocycles. The van der Waals surface area contributed by atoms with Crippen LogP contribution in [0.15, 0.2) is 24.8 Å². The molecule has 1 aromatic heterocycles. The molecule has 2 amide bonds. The van der Waals surface area contributed by atoms with Gasteiger partial charge in [-0.3, -0.25) is 0 Å². The Balaban J connectivity index is 2.67. The second-order valence-electron chi connectivity index (χ2n) is 9.68. The minimum Gasteiger partial charge on any atom is -0.506 e. The van der Waals surface area contributed by atoms with E-state index in [-0.39, 0.29) is 27.1 Å². The molecule has 2 aromatic rings. The first kappa shape index (κ1) is 29.1. The molecule has 0 aliphatic heterocycles. The number of aliphatic hydroxyl groups is 1. The van der Waals surface area contributed by atoms with Crippen LogP contribution in [0.4, 0.5) is 19.8 Å². The first-order valence-electron chi connectivity index (χ1n) is 10.7. The average Bonchev–Trinajstić information content (AvgIpc) is 2.69. The van der Waals surface area contributed by atoms with Gasteiger partial charge < -0.3 is 19.3 Å². The van der Waals surface area contributed by atoms with Crippen molar-refractivity contribution in [2.45, 2.75) is 65.8 Å². The van der Waals surface area contributed by atoms with Crippen LogP contribution in [0, 0.1) is 5.82 Å². The molecule has 2 rings (SSSR count). The molecule has 0 aliphatic carbocycles. The maximum absolute atomic E-state index is 14.1.